The molecule has 1 aromatic carbocycles. The van der Waals surface area contributed by atoms with E-state index in [2.05, 4.69) is 31.3 Å². The molecule has 0 saturated carbocycles. The van der Waals surface area contributed by atoms with Crippen molar-refractivity contribution < 1.29 is 9.47 Å². The second-order valence-corrected chi connectivity index (χ2v) is 5.46. The van der Waals surface area contributed by atoms with Crippen LogP contribution in [0.5, 0.6) is 5.75 Å². The van der Waals surface area contributed by atoms with E-state index in [1.165, 1.54) is 17.5 Å². The van der Waals surface area contributed by atoms with Gasteiger partial charge in [-0.2, -0.15) is 0 Å². The van der Waals surface area contributed by atoms with E-state index in [0.29, 0.717) is 6.04 Å². The monoisotopic (exact) mass is 277 g/mol. The number of hydrogen-bond acceptors (Lipinski definition) is 3. The number of fused-ring (bicyclic) bond motifs is 1. The highest BCUT2D eigenvalue weighted by atomic mass is 16.5. The van der Waals surface area contributed by atoms with Gasteiger partial charge in [-0.1, -0.05) is 26.3 Å². The van der Waals surface area contributed by atoms with Gasteiger partial charge < -0.3 is 14.8 Å². The molecule has 20 heavy (non-hydrogen) atoms. The molecule has 0 bridgehead atoms. The maximum atomic E-state index is 6.11. The van der Waals surface area contributed by atoms with E-state index in [1.54, 1.807) is 7.11 Å². The van der Waals surface area contributed by atoms with Crippen molar-refractivity contribution in [2.24, 2.45) is 0 Å². The summed E-state index contributed by atoms with van der Waals surface area (Å²) in [6.07, 6.45) is 4.72. The number of hydrogen-bond donors (Lipinski definition) is 1. The molecule has 1 aliphatic rings. The number of benzene rings is 1. The molecule has 0 aliphatic heterocycles. The second kappa shape index (κ2) is 7.65. The van der Waals surface area contributed by atoms with E-state index in [1.807, 2.05) is 6.07 Å². The predicted octanol–water partition coefficient (Wildman–Crippen LogP) is 3.48. The van der Waals surface area contributed by atoms with E-state index in [-0.39, 0.29) is 6.10 Å². The summed E-state index contributed by atoms with van der Waals surface area (Å²) in [5.41, 5.74) is 2.74. The van der Waals surface area contributed by atoms with E-state index >= 15 is 0 Å². The summed E-state index contributed by atoms with van der Waals surface area (Å²) < 4.78 is 11.5. The summed E-state index contributed by atoms with van der Waals surface area (Å²) >= 11 is 0. The van der Waals surface area contributed by atoms with E-state index in [0.717, 1.165) is 38.2 Å². The van der Waals surface area contributed by atoms with Crippen LogP contribution in [0.2, 0.25) is 0 Å². The third-order valence-electron chi connectivity index (χ3n) is 3.93. The molecule has 112 valence electrons. The largest absolute Gasteiger partial charge is 0.497 e. The summed E-state index contributed by atoms with van der Waals surface area (Å²) in [5, 5.41) is 3.64. The molecule has 1 aliphatic carbocycles. The zero-order valence-electron chi connectivity index (χ0n) is 12.9. The SMILES string of the molecule is CCCCOC1Cc2ccc(OC)cc2C1NCCC. The summed E-state index contributed by atoms with van der Waals surface area (Å²) in [6, 6.07) is 6.69. The molecule has 0 spiro atoms. The summed E-state index contributed by atoms with van der Waals surface area (Å²) in [5.74, 6) is 0.932. The van der Waals surface area contributed by atoms with Crippen LogP contribution < -0.4 is 10.1 Å². The first-order valence-electron chi connectivity index (χ1n) is 7.82. The Morgan fingerprint density at radius 3 is 2.80 bits per heavy atom. The van der Waals surface area contributed by atoms with Gasteiger partial charge in [-0.05, 0) is 42.6 Å². The molecule has 3 heteroatoms. The van der Waals surface area contributed by atoms with Crippen molar-refractivity contribution in [3.05, 3.63) is 29.3 Å². The molecule has 2 atom stereocenters. The van der Waals surface area contributed by atoms with E-state index in [9.17, 15) is 0 Å². The average Bonchev–Trinajstić information content (AvgIpc) is 2.82. The Labute approximate surface area is 122 Å². The number of ether oxygens (including phenoxy) is 2. The second-order valence-electron chi connectivity index (χ2n) is 5.46. The zero-order valence-corrected chi connectivity index (χ0v) is 12.9. The van der Waals surface area contributed by atoms with Gasteiger partial charge >= 0.3 is 0 Å². The topological polar surface area (TPSA) is 30.5 Å². The molecule has 2 unspecified atom stereocenters. The Kier molecular flexibility index (Phi) is 5.86. The zero-order chi connectivity index (χ0) is 14.4. The molecule has 1 aromatic rings. The lowest BCUT2D eigenvalue weighted by atomic mass is 10.1. The quantitative estimate of drug-likeness (QED) is 0.738. The lowest BCUT2D eigenvalue weighted by molar-refractivity contribution is 0.0331. The van der Waals surface area contributed by atoms with Crippen LogP contribution in [0, 0.1) is 0 Å². The van der Waals surface area contributed by atoms with Crippen molar-refractivity contribution >= 4 is 0 Å². The highest BCUT2D eigenvalue weighted by Gasteiger charge is 2.32. The van der Waals surface area contributed by atoms with Crippen LogP contribution in [-0.2, 0) is 11.2 Å². The van der Waals surface area contributed by atoms with Gasteiger partial charge in [0, 0.05) is 13.0 Å². The van der Waals surface area contributed by atoms with Crippen LogP contribution in [0.3, 0.4) is 0 Å². The molecule has 0 radical (unpaired) electrons. The Balaban J connectivity index is 2.11. The van der Waals surface area contributed by atoms with Crippen molar-refractivity contribution in [3.63, 3.8) is 0 Å². The molecule has 1 N–H and O–H groups in total. The molecule has 3 nitrogen and oxygen atoms in total. The van der Waals surface area contributed by atoms with E-state index < -0.39 is 0 Å². The highest BCUT2D eigenvalue weighted by molar-refractivity contribution is 5.42. The highest BCUT2D eigenvalue weighted by Crippen LogP contribution is 2.35. The molecular formula is C17H27NO2. The lowest BCUT2D eigenvalue weighted by Crippen LogP contribution is -2.31. The first-order chi connectivity index (χ1) is 9.80. The Hall–Kier alpha value is -1.06. The molecule has 0 aromatic heterocycles. The van der Waals surface area contributed by atoms with Crippen LogP contribution in [0.1, 0.15) is 50.3 Å². The minimum Gasteiger partial charge on any atom is -0.497 e. The summed E-state index contributed by atoms with van der Waals surface area (Å²) in [6.45, 7) is 6.28. The Morgan fingerprint density at radius 1 is 1.25 bits per heavy atom. The first-order valence-corrected chi connectivity index (χ1v) is 7.82. The fourth-order valence-corrected chi connectivity index (χ4v) is 2.79. The smallest absolute Gasteiger partial charge is 0.119 e. The fourth-order valence-electron chi connectivity index (χ4n) is 2.79. The van der Waals surface area contributed by atoms with Crippen LogP contribution in [0.4, 0.5) is 0 Å². The minimum absolute atomic E-state index is 0.259. The lowest BCUT2D eigenvalue weighted by Gasteiger charge is -2.22. The van der Waals surface area contributed by atoms with Gasteiger partial charge in [0.15, 0.2) is 0 Å². The van der Waals surface area contributed by atoms with Gasteiger partial charge in [0.1, 0.15) is 5.75 Å². The third kappa shape index (κ3) is 3.53. The van der Waals surface area contributed by atoms with Crippen LogP contribution in [0.25, 0.3) is 0 Å². The molecule has 2 rings (SSSR count). The molecule has 0 heterocycles. The maximum absolute atomic E-state index is 6.11. The van der Waals surface area contributed by atoms with E-state index in [4.69, 9.17) is 9.47 Å². The van der Waals surface area contributed by atoms with Gasteiger partial charge in [-0.15, -0.1) is 0 Å². The molecule has 0 saturated heterocycles. The number of methoxy groups -OCH3 is 1. The van der Waals surface area contributed by atoms with Gasteiger partial charge in [0.2, 0.25) is 0 Å². The normalized spacial score (nSPS) is 20.9. The van der Waals surface area contributed by atoms with Crippen LogP contribution in [0.15, 0.2) is 18.2 Å². The molecular weight excluding hydrogens is 250 g/mol. The number of unbranched alkanes of at least 4 members (excludes halogenated alkanes) is 1. The third-order valence-corrected chi connectivity index (χ3v) is 3.93. The van der Waals surface area contributed by atoms with Gasteiger partial charge in [-0.3, -0.25) is 0 Å². The van der Waals surface area contributed by atoms with Crippen molar-refractivity contribution in [1.29, 1.82) is 0 Å². The summed E-state index contributed by atoms with van der Waals surface area (Å²) in [4.78, 5) is 0. The van der Waals surface area contributed by atoms with Crippen molar-refractivity contribution in [3.8, 4) is 5.75 Å². The molecule has 0 fully saturated rings. The fraction of sp³-hybridized carbons (Fsp3) is 0.647. The van der Waals surface area contributed by atoms with Crippen molar-refractivity contribution in [1.82, 2.24) is 5.32 Å². The van der Waals surface area contributed by atoms with Gasteiger partial charge in [0.25, 0.3) is 0 Å². The standard InChI is InChI=1S/C17H27NO2/c1-4-6-10-20-16-11-13-7-8-14(19-3)12-15(13)17(16)18-9-5-2/h7-8,12,16-18H,4-6,9-11H2,1-3H3. The van der Waals surface area contributed by atoms with Crippen molar-refractivity contribution in [2.75, 3.05) is 20.3 Å². The van der Waals surface area contributed by atoms with Gasteiger partial charge in [-0.25, -0.2) is 0 Å². The summed E-state index contributed by atoms with van der Waals surface area (Å²) in [7, 11) is 1.72. The number of nitrogens with one attached hydrogen (secondary N) is 1. The van der Waals surface area contributed by atoms with Gasteiger partial charge in [0.05, 0.1) is 19.3 Å². The maximum Gasteiger partial charge on any atom is 0.119 e. The molecule has 0 amide bonds. The predicted molar refractivity (Wildman–Crippen MR) is 82.4 cm³/mol. The van der Waals surface area contributed by atoms with Crippen molar-refractivity contribution in [2.45, 2.75) is 51.7 Å². The first kappa shape index (κ1) is 15.3. The Bertz CT molecular complexity index is 419. The van der Waals surface area contributed by atoms with Crippen LogP contribution in [-0.4, -0.2) is 26.4 Å². The average molecular weight is 277 g/mol. The number of rotatable bonds is 8. The minimum atomic E-state index is 0.259. The van der Waals surface area contributed by atoms with Crippen LogP contribution >= 0.6 is 0 Å². The Morgan fingerprint density at radius 2 is 2.10 bits per heavy atom.